The van der Waals surface area contributed by atoms with Gasteiger partial charge in [-0.15, -0.1) is 0 Å². The molecule has 4 rings (SSSR count). The number of rotatable bonds is 7. The Bertz CT molecular complexity index is 1090. The van der Waals surface area contributed by atoms with Gasteiger partial charge < -0.3 is 14.2 Å². The van der Waals surface area contributed by atoms with Crippen LogP contribution in [-0.4, -0.2) is 33.1 Å². The highest BCUT2D eigenvalue weighted by atomic mass is 16.5. The van der Waals surface area contributed by atoms with Crippen molar-refractivity contribution in [2.45, 2.75) is 12.8 Å². The zero-order valence-corrected chi connectivity index (χ0v) is 17.7. The van der Waals surface area contributed by atoms with Crippen LogP contribution in [0.1, 0.15) is 31.8 Å². The number of aryl methyl sites for hydroxylation is 2. The number of nitrogens with zero attached hydrogens (tertiary/aromatic N) is 1. The van der Waals surface area contributed by atoms with Crippen LogP contribution >= 0.6 is 0 Å². The van der Waals surface area contributed by atoms with Gasteiger partial charge in [-0.25, -0.2) is 4.90 Å². The lowest BCUT2D eigenvalue weighted by Gasteiger charge is -2.16. The molecule has 6 heteroatoms. The van der Waals surface area contributed by atoms with Crippen LogP contribution in [0.25, 0.3) is 0 Å². The average molecular weight is 417 g/mol. The van der Waals surface area contributed by atoms with Crippen molar-refractivity contribution in [2.75, 3.05) is 26.2 Å². The molecule has 0 atom stereocenters. The maximum Gasteiger partial charge on any atom is 0.266 e. The summed E-state index contributed by atoms with van der Waals surface area (Å²) in [6.07, 6.45) is 1.44. The molecule has 3 aromatic rings. The number of methoxy groups -OCH3 is 3. The van der Waals surface area contributed by atoms with E-state index in [9.17, 15) is 9.59 Å². The number of benzene rings is 3. The number of carbonyl (C=O) groups is 2. The largest absolute Gasteiger partial charge is 0.493 e. The predicted molar refractivity (Wildman–Crippen MR) is 118 cm³/mol. The van der Waals surface area contributed by atoms with Crippen LogP contribution in [0.15, 0.2) is 60.7 Å². The van der Waals surface area contributed by atoms with Gasteiger partial charge in [0.15, 0.2) is 11.5 Å². The van der Waals surface area contributed by atoms with E-state index in [-0.39, 0.29) is 11.8 Å². The van der Waals surface area contributed by atoms with Crippen molar-refractivity contribution >= 4 is 17.5 Å². The van der Waals surface area contributed by atoms with Gasteiger partial charge in [0.25, 0.3) is 11.8 Å². The van der Waals surface area contributed by atoms with Crippen LogP contribution in [0.2, 0.25) is 0 Å². The van der Waals surface area contributed by atoms with Crippen LogP contribution < -0.4 is 19.1 Å². The second-order valence-corrected chi connectivity index (χ2v) is 7.19. The molecule has 0 unspecified atom stereocenters. The Labute approximate surface area is 181 Å². The highest BCUT2D eigenvalue weighted by Crippen LogP contribution is 2.38. The first-order valence-electron chi connectivity index (χ1n) is 9.93. The fourth-order valence-corrected chi connectivity index (χ4v) is 3.84. The molecule has 3 aromatic carbocycles. The summed E-state index contributed by atoms with van der Waals surface area (Å²) in [6.45, 7) is 0. The molecule has 1 aliphatic heterocycles. The van der Waals surface area contributed by atoms with E-state index < -0.39 is 0 Å². The standard InChI is InChI=1S/C25H23NO5/c1-29-21-14-17(15-22(30-2)23(21)31-3)12-11-16-7-6-8-18(13-16)26-24(27)19-9-4-5-10-20(19)25(26)28/h4-10,13-15H,11-12H2,1-3H3. The van der Waals surface area contributed by atoms with Crippen LogP contribution in [0.4, 0.5) is 5.69 Å². The molecule has 0 saturated carbocycles. The van der Waals surface area contributed by atoms with Crippen molar-refractivity contribution in [1.29, 1.82) is 0 Å². The predicted octanol–water partition coefficient (Wildman–Crippen LogP) is 4.30. The number of carbonyl (C=O) groups excluding carboxylic acids is 2. The van der Waals surface area contributed by atoms with E-state index >= 15 is 0 Å². The first kappa shape index (κ1) is 20.5. The lowest BCUT2D eigenvalue weighted by molar-refractivity contribution is 0.0926. The first-order chi connectivity index (χ1) is 15.1. The number of anilines is 1. The average Bonchev–Trinajstić information content (AvgIpc) is 3.07. The van der Waals surface area contributed by atoms with Gasteiger partial charge in [-0.05, 0) is 60.4 Å². The molecule has 0 aliphatic carbocycles. The van der Waals surface area contributed by atoms with Gasteiger partial charge in [0, 0.05) is 0 Å². The van der Waals surface area contributed by atoms with Gasteiger partial charge in [-0.1, -0.05) is 24.3 Å². The molecule has 2 amide bonds. The van der Waals surface area contributed by atoms with Gasteiger partial charge in [0.05, 0.1) is 38.1 Å². The third-order valence-electron chi connectivity index (χ3n) is 5.39. The van der Waals surface area contributed by atoms with Gasteiger partial charge >= 0.3 is 0 Å². The minimum atomic E-state index is -0.289. The van der Waals surface area contributed by atoms with Gasteiger partial charge in [-0.3, -0.25) is 9.59 Å². The highest BCUT2D eigenvalue weighted by molar-refractivity contribution is 6.34. The monoisotopic (exact) mass is 417 g/mol. The topological polar surface area (TPSA) is 65.1 Å². The van der Waals surface area contributed by atoms with Crippen molar-refractivity contribution < 1.29 is 23.8 Å². The molecule has 0 bridgehead atoms. The lowest BCUT2D eigenvalue weighted by Crippen LogP contribution is -2.29. The van der Waals surface area contributed by atoms with Crippen molar-refractivity contribution in [1.82, 2.24) is 0 Å². The quantitative estimate of drug-likeness (QED) is 0.537. The maximum atomic E-state index is 12.8. The molecule has 0 radical (unpaired) electrons. The van der Waals surface area contributed by atoms with Crippen molar-refractivity contribution in [3.05, 3.63) is 82.9 Å². The number of ether oxygens (including phenoxy) is 3. The van der Waals surface area contributed by atoms with E-state index in [0.29, 0.717) is 34.1 Å². The molecule has 1 heterocycles. The Morgan fingerprint density at radius 2 is 1.26 bits per heavy atom. The summed E-state index contributed by atoms with van der Waals surface area (Å²) < 4.78 is 16.2. The molecule has 0 spiro atoms. The van der Waals surface area contributed by atoms with Crippen LogP contribution in [0, 0.1) is 0 Å². The maximum absolute atomic E-state index is 12.8. The highest BCUT2D eigenvalue weighted by Gasteiger charge is 2.36. The molecule has 0 aromatic heterocycles. The minimum absolute atomic E-state index is 0.289. The van der Waals surface area contributed by atoms with E-state index in [4.69, 9.17) is 14.2 Å². The van der Waals surface area contributed by atoms with Gasteiger partial charge in [0.2, 0.25) is 5.75 Å². The van der Waals surface area contributed by atoms with Crippen LogP contribution in [-0.2, 0) is 12.8 Å². The summed E-state index contributed by atoms with van der Waals surface area (Å²) in [5.41, 5.74) is 3.50. The molecule has 0 saturated heterocycles. The minimum Gasteiger partial charge on any atom is -0.493 e. The fraction of sp³-hybridized carbons (Fsp3) is 0.200. The molecule has 0 N–H and O–H groups in total. The second-order valence-electron chi connectivity index (χ2n) is 7.19. The Kier molecular flexibility index (Phi) is 5.62. The summed E-state index contributed by atoms with van der Waals surface area (Å²) in [5, 5.41) is 0. The molecule has 6 nitrogen and oxygen atoms in total. The van der Waals surface area contributed by atoms with Crippen molar-refractivity contribution in [3.8, 4) is 17.2 Å². The Balaban J connectivity index is 1.56. The summed E-state index contributed by atoms with van der Waals surface area (Å²) in [6, 6.07) is 18.3. The number of hydrogen-bond donors (Lipinski definition) is 0. The van der Waals surface area contributed by atoms with Crippen molar-refractivity contribution in [2.24, 2.45) is 0 Å². The number of fused-ring (bicyclic) bond motifs is 1. The SMILES string of the molecule is COc1cc(CCc2cccc(N3C(=O)c4ccccc4C3=O)c2)cc(OC)c1OC. The van der Waals surface area contributed by atoms with Gasteiger partial charge in [0.1, 0.15) is 0 Å². The number of hydrogen-bond acceptors (Lipinski definition) is 5. The first-order valence-corrected chi connectivity index (χ1v) is 9.93. The Morgan fingerprint density at radius 1 is 0.677 bits per heavy atom. The number of amides is 2. The van der Waals surface area contributed by atoms with E-state index in [1.165, 1.54) is 4.90 Å². The normalized spacial score (nSPS) is 12.7. The molecule has 158 valence electrons. The van der Waals surface area contributed by atoms with E-state index in [0.717, 1.165) is 24.0 Å². The van der Waals surface area contributed by atoms with Gasteiger partial charge in [-0.2, -0.15) is 0 Å². The van der Waals surface area contributed by atoms with E-state index in [1.54, 1.807) is 51.7 Å². The summed E-state index contributed by atoms with van der Waals surface area (Å²) in [5.74, 6) is 1.19. The smallest absolute Gasteiger partial charge is 0.266 e. The zero-order chi connectivity index (χ0) is 22.0. The molecular formula is C25H23NO5. The molecule has 31 heavy (non-hydrogen) atoms. The fourth-order valence-electron chi connectivity index (χ4n) is 3.84. The Hall–Kier alpha value is -3.80. The molecule has 1 aliphatic rings. The summed E-state index contributed by atoms with van der Waals surface area (Å²) in [7, 11) is 4.75. The lowest BCUT2D eigenvalue weighted by atomic mass is 10.0. The molecule has 0 fully saturated rings. The van der Waals surface area contributed by atoms with Crippen molar-refractivity contribution in [3.63, 3.8) is 0 Å². The van der Waals surface area contributed by atoms with Crippen LogP contribution in [0.3, 0.4) is 0 Å². The zero-order valence-electron chi connectivity index (χ0n) is 17.7. The third-order valence-corrected chi connectivity index (χ3v) is 5.39. The second kappa shape index (κ2) is 8.52. The van der Waals surface area contributed by atoms with E-state index in [1.807, 2.05) is 30.3 Å². The molecular weight excluding hydrogens is 394 g/mol. The van der Waals surface area contributed by atoms with Crippen LogP contribution in [0.5, 0.6) is 17.2 Å². The van der Waals surface area contributed by atoms with E-state index in [2.05, 4.69) is 0 Å². The summed E-state index contributed by atoms with van der Waals surface area (Å²) >= 11 is 0. The number of imide groups is 1. The third kappa shape index (κ3) is 3.72. The summed E-state index contributed by atoms with van der Waals surface area (Å²) in [4.78, 5) is 26.8. The Morgan fingerprint density at radius 3 is 1.81 bits per heavy atom.